The summed E-state index contributed by atoms with van der Waals surface area (Å²) in [5, 5.41) is 1.30. The first kappa shape index (κ1) is 16.5. The van der Waals surface area contributed by atoms with Crippen molar-refractivity contribution >= 4 is 44.3 Å². The van der Waals surface area contributed by atoms with Gasteiger partial charge in [0.2, 0.25) is 0 Å². The van der Waals surface area contributed by atoms with Crippen LogP contribution in [-0.2, 0) is 0 Å². The van der Waals surface area contributed by atoms with Gasteiger partial charge in [0.05, 0.1) is 22.7 Å². The van der Waals surface area contributed by atoms with Gasteiger partial charge >= 0.3 is 0 Å². The zero-order chi connectivity index (χ0) is 16.4. The Balaban J connectivity index is 1.89. The number of benzene rings is 1. The van der Waals surface area contributed by atoms with Crippen LogP contribution in [-0.4, -0.2) is 17.5 Å². The van der Waals surface area contributed by atoms with Crippen LogP contribution in [0.3, 0.4) is 0 Å². The molecule has 2 aromatic rings. The summed E-state index contributed by atoms with van der Waals surface area (Å²) in [6.45, 7) is 0.672. The fourth-order valence-electron chi connectivity index (χ4n) is 3.01. The predicted molar refractivity (Wildman–Crippen MR) is 95.0 cm³/mol. The first-order valence-corrected chi connectivity index (χ1v) is 8.93. The lowest BCUT2D eigenvalue weighted by Gasteiger charge is -2.22. The maximum absolute atomic E-state index is 11.4. The van der Waals surface area contributed by atoms with E-state index in [1.54, 1.807) is 6.07 Å². The number of rotatable bonds is 4. The van der Waals surface area contributed by atoms with E-state index in [9.17, 15) is 4.79 Å². The third-order valence-electron chi connectivity index (χ3n) is 4.32. The molecular formula is C17H18BrClN2O2. The second kappa shape index (κ2) is 7.05. The third kappa shape index (κ3) is 3.61. The fraction of sp³-hybridized carbons (Fsp3) is 0.412. The van der Waals surface area contributed by atoms with Crippen LogP contribution < -0.4 is 10.5 Å². The summed E-state index contributed by atoms with van der Waals surface area (Å²) in [6.07, 6.45) is 7.74. The van der Waals surface area contributed by atoms with Crippen molar-refractivity contribution in [3.63, 3.8) is 0 Å². The Morgan fingerprint density at radius 2 is 2.09 bits per heavy atom. The predicted octanol–water partition coefficient (Wildman–Crippen LogP) is 4.71. The highest BCUT2D eigenvalue weighted by molar-refractivity contribution is 9.10. The third-order valence-corrected chi connectivity index (χ3v) is 5.47. The van der Waals surface area contributed by atoms with Gasteiger partial charge in [-0.1, -0.05) is 30.9 Å². The number of halogens is 2. The molecule has 1 fully saturated rings. The molecule has 3 rings (SSSR count). The molecule has 0 bridgehead atoms. The molecule has 1 aliphatic carbocycles. The summed E-state index contributed by atoms with van der Waals surface area (Å²) in [5.74, 6) is 0.689. The molecule has 1 aliphatic rings. The van der Waals surface area contributed by atoms with Crippen molar-refractivity contribution in [2.75, 3.05) is 6.61 Å². The van der Waals surface area contributed by atoms with E-state index in [-0.39, 0.29) is 0 Å². The number of aromatic nitrogens is 1. The van der Waals surface area contributed by atoms with Gasteiger partial charge in [0, 0.05) is 16.1 Å². The lowest BCUT2D eigenvalue weighted by molar-refractivity contribution is 0.0999. The molecule has 0 unspecified atom stereocenters. The molecule has 4 nitrogen and oxygen atoms in total. The molecule has 0 spiro atoms. The largest absolute Gasteiger partial charge is 0.492 e. The maximum Gasteiger partial charge on any atom is 0.251 e. The molecule has 0 radical (unpaired) electrons. The van der Waals surface area contributed by atoms with Gasteiger partial charge in [-0.15, -0.1) is 0 Å². The molecule has 122 valence electrons. The van der Waals surface area contributed by atoms with E-state index in [0.29, 0.717) is 38.8 Å². The lowest BCUT2D eigenvalue weighted by Crippen LogP contribution is -2.15. The van der Waals surface area contributed by atoms with Gasteiger partial charge in [0.15, 0.2) is 0 Å². The number of fused-ring (bicyclic) bond motifs is 1. The van der Waals surface area contributed by atoms with Gasteiger partial charge in [0.25, 0.3) is 5.91 Å². The van der Waals surface area contributed by atoms with Gasteiger partial charge in [-0.3, -0.25) is 9.78 Å². The van der Waals surface area contributed by atoms with Crippen LogP contribution in [0.4, 0.5) is 0 Å². The van der Waals surface area contributed by atoms with E-state index in [1.165, 1.54) is 38.3 Å². The number of hydrogen-bond acceptors (Lipinski definition) is 3. The average molecular weight is 398 g/mol. The molecule has 2 N–H and O–H groups in total. The average Bonchev–Trinajstić information content (AvgIpc) is 2.54. The van der Waals surface area contributed by atoms with E-state index in [1.807, 2.05) is 6.07 Å². The van der Waals surface area contributed by atoms with Crippen LogP contribution in [0.1, 0.15) is 42.5 Å². The summed E-state index contributed by atoms with van der Waals surface area (Å²) in [5.41, 5.74) is 6.40. The SMILES string of the molecule is NC(=O)c1cnc2cc(Cl)c(OCC3CCCCC3)cc2c1Br. The van der Waals surface area contributed by atoms with Crippen molar-refractivity contribution in [1.82, 2.24) is 4.98 Å². The van der Waals surface area contributed by atoms with E-state index < -0.39 is 5.91 Å². The smallest absolute Gasteiger partial charge is 0.251 e. The van der Waals surface area contributed by atoms with Gasteiger partial charge in [0.1, 0.15) is 5.75 Å². The fourth-order valence-corrected chi connectivity index (χ4v) is 3.83. The Labute approximate surface area is 148 Å². The van der Waals surface area contributed by atoms with Crippen molar-refractivity contribution in [1.29, 1.82) is 0 Å². The standard InChI is InChI=1S/C17H18BrClN2O2/c18-16-11-6-15(23-9-10-4-2-1-3-5-10)13(19)7-14(11)21-8-12(16)17(20)22/h6-8,10H,1-5,9H2,(H2,20,22). The molecule has 23 heavy (non-hydrogen) atoms. The number of carbonyl (C=O) groups is 1. The van der Waals surface area contributed by atoms with E-state index in [0.717, 1.165) is 5.39 Å². The minimum absolute atomic E-state index is 0.345. The van der Waals surface area contributed by atoms with Crippen molar-refractivity contribution < 1.29 is 9.53 Å². The Bertz CT molecular complexity index is 745. The molecule has 0 aliphatic heterocycles. The number of hydrogen-bond donors (Lipinski definition) is 1. The van der Waals surface area contributed by atoms with Crippen molar-refractivity contribution in [2.45, 2.75) is 32.1 Å². The number of carbonyl (C=O) groups excluding carboxylic acids is 1. The van der Waals surface area contributed by atoms with Gasteiger partial charge in [-0.05, 0) is 46.8 Å². The zero-order valence-corrected chi connectivity index (χ0v) is 15.0. The number of ether oxygens (including phenoxy) is 1. The van der Waals surface area contributed by atoms with Crippen LogP contribution in [0.2, 0.25) is 5.02 Å². The second-order valence-electron chi connectivity index (χ2n) is 5.96. The molecule has 6 heteroatoms. The second-order valence-corrected chi connectivity index (χ2v) is 7.17. The number of nitrogens with two attached hydrogens (primary N) is 1. The number of nitrogens with zero attached hydrogens (tertiary/aromatic N) is 1. The molecule has 0 saturated heterocycles. The summed E-state index contributed by atoms with van der Waals surface area (Å²) < 4.78 is 6.56. The minimum atomic E-state index is -0.522. The molecule has 1 saturated carbocycles. The van der Waals surface area contributed by atoms with Crippen molar-refractivity contribution in [2.24, 2.45) is 11.7 Å². The van der Waals surface area contributed by atoms with Crippen LogP contribution in [0.15, 0.2) is 22.8 Å². The molecule has 0 atom stereocenters. The maximum atomic E-state index is 11.4. The number of primary amides is 1. The van der Waals surface area contributed by atoms with Crippen molar-refractivity contribution in [3.8, 4) is 5.75 Å². The van der Waals surface area contributed by atoms with E-state index >= 15 is 0 Å². The van der Waals surface area contributed by atoms with Crippen LogP contribution in [0.5, 0.6) is 5.75 Å². The molecule has 1 heterocycles. The normalized spacial score (nSPS) is 15.7. The number of pyridine rings is 1. The van der Waals surface area contributed by atoms with Crippen LogP contribution >= 0.6 is 27.5 Å². The Morgan fingerprint density at radius 3 is 2.78 bits per heavy atom. The minimum Gasteiger partial charge on any atom is -0.492 e. The monoisotopic (exact) mass is 396 g/mol. The Kier molecular flexibility index (Phi) is 5.07. The first-order chi connectivity index (χ1) is 11.1. The molecule has 1 aromatic carbocycles. The van der Waals surface area contributed by atoms with Crippen molar-refractivity contribution in [3.05, 3.63) is 33.4 Å². The molecule has 1 amide bonds. The molecule has 1 aromatic heterocycles. The summed E-state index contributed by atoms with van der Waals surface area (Å²) in [4.78, 5) is 15.7. The lowest BCUT2D eigenvalue weighted by atomic mass is 9.90. The molecular weight excluding hydrogens is 380 g/mol. The van der Waals surface area contributed by atoms with E-state index in [4.69, 9.17) is 22.1 Å². The van der Waals surface area contributed by atoms with Gasteiger partial charge in [-0.2, -0.15) is 0 Å². The van der Waals surface area contributed by atoms with Gasteiger partial charge in [-0.25, -0.2) is 0 Å². The summed E-state index contributed by atoms with van der Waals surface area (Å²) in [7, 11) is 0. The quantitative estimate of drug-likeness (QED) is 0.812. The number of amides is 1. The topological polar surface area (TPSA) is 65.2 Å². The summed E-state index contributed by atoms with van der Waals surface area (Å²) in [6, 6.07) is 3.58. The van der Waals surface area contributed by atoms with Crippen LogP contribution in [0, 0.1) is 5.92 Å². The summed E-state index contributed by atoms with van der Waals surface area (Å²) >= 11 is 9.73. The van der Waals surface area contributed by atoms with E-state index in [2.05, 4.69) is 20.9 Å². The Morgan fingerprint density at radius 1 is 1.35 bits per heavy atom. The zero-order valence-electron chi connectivity index (χ0n) is 12.6. The van der Waals surface area contributed by atoms with Crippen LogP contribution in [0.25, 0.3) is 10.9 Å². The highest BCUT2D eigenvalue weighted by atomic mass is 79.9. The van der Waals surface area contributed by atoms with Gasteiger partial charge < -0.3 is 10.5 Å². The Hall–Kier alpha value is -1.33. The first-order valence-electron chi connectivity index (χ1n) is 7.76. The highest BCUT2D eigenvalue weighted by Crippen LogP contribution is 2.35. The highest BCUT2D eigenvalue weighted by Gasteiger charge is 2.17.